The lowest BCUT2D eigenvalue weighted by Crippen LogP contribution is -1.89. The lowest BCUT2D eigenvalue weighted by atomic mass is 10.3. The third-order valence-corrected chi connectivity index (χ3v) is 2.17. The first-order valence-corrected chi connectivity index (χ1v) is 4.36. The number of halogens is 1. The molecule has 0 saturated heterocycles. The quantitative estimate of drug-likeness (QED) is 0.375. The van der Waals surface area contributed by atoms with Gasteiger partial charge in [0.05, 0.1) is 17.0 Å². The molecule has 0 aliphatic carbocycles. The van der Waals surface area contributed by atoms with E-state index < -0.39 is 4.92 Å². The Labute approximate surface area is 87.6 Å². The molecule has 0 fully saturated rings. The predicted molar refractivity (Wildman–Crippen MR) is 48.8 cm³/mol. The summed E-state index contributed by atoms with van der Waals surface area (Å²) < 4.78 is 4.10. The minimum Gasteiger partial charge on any atom is -0.258 e. The van der Waals surface area contributed by atoms with Crippen LogP contribution in [0.1, 0.15) is 0 Å². The molecule has 1 aromatic rings. The van der Waals surface area contributed by atoms with Crippen molar-refractivity contribution < 1.29 is 19.6 Å². The highest BCUT2D eigenvalue weighted by molar-refractivity contribution is 7.94. The third kappa shape index (κ3) is 2.82. The molecular weight excluding hydrogens is 234 g/mol. The molecule has 8 heteroatoms. The van der Waals surface area contributed by atoms with Crippen LogP contribution in [0.4, 0.5) is 5.69 Å². The van der Waals surface area contributed by atoms with E-state index in [-0.39, 0.29) is 10.7 Å². The molecule has 0 aliphatic rings. The van der Waals surface area contributed by atoms with Gasteiger partial charge in [-0.25, -0.2) is 5.26 Å². The van der Waals surface area contributed by atoms with Crippen LogP contribution in [0.5, 0.6) is 0 Å². The van der Waals surface area contributed by atoms with Crippen molar-refractivity contribution in [3.05, 3.63) is 33.3 Å². The van der Waals surface area contributed by atoms with E-state index in [2.05, 4.69) is 9.37 Å². The number of hydrogen-bond donors (Lipinski definition) is 1. The summed E-state index contributed by atoms with van der Waals surface area (Å²) in [6, 6.07) is 4.04. The normalized spacial score (nSPS) is 10.1. The summed E-state index contributed by atoms with van der Waals surface area (Å²) in [6.45, 7) is 0. The predicted octanol–water partition coefficient (Wildman–Crippen LogP) is 2.68. The van der Waals surface area contributed by atoms with Gasteiger partial charge < -0.3 is 0 Å². The van der Waals surface area contributed by atoms with Crippen LogP contribution in [0.15, 0.2) is 23.1 Å². The van der Waals surface area contributed by atoms with Crippen molar-refractivity contribution in [3.8, 4) is 0 Å². The maximum Gasteiger partial charge on any atom is 0.289 e. The van der Waals surface area contributed by atoms with E-state index in [0.717, 1.165) is 0 Å². The highest BCUT2D eigenvalue weighted by Gasteiger charge is 2.13. The molecule has 0 amide bonds. The zero-order chi connectivity index (χ0) is 10.6. The van der Waals surface area contributed by atoms with E-state index in [9.17, 15) is 10.1 Å². The average Bonchev–Trinajstić information content (AvgIpc) is 2.16. The van der Waals surface area contributed by atoms with Crippen molar-refractivity contribution in [1.29, 1.82) is 0 Å². The lowest BCUT2D eigenvalue weighted by Gasteiger charge is -1.98. The Morgan fingerprint density at radius 2 is 2.29 bits per heavy atom. The van der Waals surface area contributed by atoms with Crippen molar-refractivity contribution in [1.82, 2.24) is 0 Å². The Bertz CT molecular complexity index is 347. The van der Waals surface area contributed by atoms with Crippen LogP contribution in [-0.2, 0) is 9.37 Å². The smallest absolute Gasteiger partial charge is 0.258 e. The summed E-state index contributed by atoms with van der Waals surface area (Å²) in [5.74, 6) is 0. The van der Waals surface area contributed by atoms with Gasteiger partial charge in [-0.05, 0) is 12.1 Å². The van der Waals surface area contributed by atoms with Crippen LogP contribution in [-0.4, -0.2) is 10.2 Å². The lowest BCUT2D eigenvalue weighted by molar-refractivity contribution is -0.432. The average molecular weight is 238 g/mol. The summed E-state index contributed by atoms with van der Waals surface area (Å²) >= 11 is 6.18. The van der Waals surface area contributed by atoms with E-state index in [1.165, 1.54) is 18.2 Å². The molecule has 6 nitrogen and oxygen atoms in total. The van der Waals surface area contributed by atoms with Crippen molar-refractivity contribution in [3.63, 3.8) is 0 Å². The van der Waals surface area contributed by atoms with Crippen LogP contribution in [0, 0.1) is 10.1 Å². The second kappa shape index (κ2) is 5.13. The minimum absolute atomic E-state index is 0.0317. The maximum absolute atomic E-state index is 10.4. The van der Waals surface area contributed by atoms with Crippen LogP contribution in [0.2, 0.25) is 5.02 Å². The molecule has 76 valence electrons. The second-order valence-corrected chi connectivity index (χ2v) is 3.28. The van der Waals surface area contributed by atoms with E-state index in [0.29, 0.717) is 16.9 Å². The number of nitro groups is 1. The van der Waals surface area contributed by atoms with Crippen LogP contribution < -0.4 is 0 Å². The summed E-state index contributed by atoms with van der Waals surface area (Å²) in [5.41, 5.74) is -0.238. The minimum atomic E-state index is -0.619. The van der Waals surface area contributed by atoms with Gasteiger partial charge in [-0.15, -0.1) is 4.33 Å². The van der Waals surface area contributed by atoms with Crippen LogP contribution >= 0.6 is 23.6 Å². The highest BCUT2D eigenvalue weighted by atomic mass is 35.5. The molecule has 0 aromatic heterocycles. The van der Waals surface area contributed by atoms with Crippen LogP contribution in [0.3, 0.4) is 0 Å². The molecule has 0 atom stereocenters. The van der Waals surface area contributed by atoms with Gasteiger partial charge >= 0.3 is 0 Å². The fraction of sp³-hybridized carbons (Fsp3) is 0. The number of nitrogens with zero attached hydrogens (tertiary/aromatic N) is 1. The molecule has 1 aromatic carbocycles. The van der Waals surface area contributed by atoms with Gasteiger partial charge in [-0.2, -0.15) is 0 Å². The fourth-order valence-electron chi connectivity index (χ4n) is 0.739. The van der Waals surface area contributed by atoms with Gasteiger partial charge in [0.2, 0.25) is 0 Å². The number of nitro benzene ring substituents is 1. The first kappa shape index (κ1) is 11.2. The van der Waals surface area contributed by atoms with Gasteiger partial charge in [0.1, 0.15) is 5.02 Å². The SMILES string of the molecule is O=[N+]([O-])c1cc(SOOO)ccc1Cl. The van der Waals surface area contributed by atoms with Gasteiger partial charge in [-0.3, -0.25) is 10.1 Å². The monoisotopic (exact) mass is 237 g/mol. The number of hydrogen-bond acceptors (Lipinski definition) is 6. The Balaban J connectivity index is 2.89. The molecule has 0 bridgehead atoms. The van der Waals surface area contributed by atoms with E-state index >= 15 is 0 Å². The zero-order valence-electron chi connectivity index (χ0n) is 6.55. The van der Waals surface area contributed by atoms with Crippen molar-refractivity contribution in [2.75, 3.05) is 0 Å². The Morgan fingerprint density at radius 3 is 2.86 bits per heavy atom. The van der Waals surface area contributed by atoms with Crippen LogP contribution in [0.25, 0.3) is 0 Å². The van der Waals surface area contributed by atoms with Crippen molar-refractivity contribution in [2.45, 2.75) is 4.90 Å². The van der Waals surface area contributed by atoms with Crippen molar-refractivity contribution in [2.24, 2.45) is 0 Å². The van der Waals surface area contributed by atoms with E-state index in [4.69, 9.17) is 16.9 Å². The standard InChI is InChI=1S/C6H4ClNO5S/c7-5-2-1-4(14-13-12-11)3-6(5)8(9)10/h1-3,11H. The molecule has 0 aliphatic heterocycles. The van der Waals surface area contributed by atoms with Gasteiger partial charge in [-0.1, -0.05) is 16.6 Å². The molecule has 1 N–H and O–H groups in total. The highest BCUT2D eigenvalue weighted by Crippen LogP contribution is 2.29. The summed E-state index contributed by atoms with van der Waals surface area (Å²) in [7, 11) is 0. The topological polar surface area (TPSA) is 81.8 Å². The Hall–Kier alpha value is -0.860. The second-order valence-electron chi connectivity index (χ2n) is 2.10. The molecule has 0 heterocycles. The van der Waals surface area contributed by atoms with Gasteiger partial charge in [0, 0.05) is 11.0 Å². The molecule has 0 spiro atoms. The first-order chi connectivity index (χ1) is 6.65. The Morgan fingerprint density at radius 1 is 1.57 bits per heavy atom. The first-order valence-electron chi connectivity index (χ1n) is 3.24. The summed E-state index contributed by atoms with van der Waals surface area (Å²) in [5, 5.41) is 21.7. The molecule has 14 heavy (non-hydrogen) atoms. The third-order valence-electron chi connectivity index (χ3n) is 1.27. The van der Waals surface area contributed by atoms with Crippen molar-refractivity contribution >= 4 is 29.3 Å². The molecule has 0 unspecified atom stereocenters. The Kier molecular flexibility index (Phi) is 4.11. The molecule has 0 saturated carbocycles. The maximum atomic E-state index is 10.4. The van der Waals surface area contributed by atoms with E-state index in [1.807, 2.05) is 0 Å². The van der Waals surface area contributed by atoms with Gasteiger partial charge in [0.25, 0.3) is 5.69 Å². The van der Waals surface area contributed by atoms with Gasteiger partial charge in [0.15, 0.2) is 0 Å². The largest absolute Gasteiger partial charge is 0.289 e. The number of benzene rings is 1. The zero-order valence-corrected chi connectivity index (χ0v) is 8.12. The summed E-state index contributed by atoms with van der Waals surface area (Å²) in [6.07, 6.45) is 0. The molecule has 1 rings (SSSR count). The van der Waals surface area contributed by atoms with E-state index in [1.54, 1.807) is 0 Å². The molecular formula is C6H4ClNO5S. The number of rotatable bonds is 4. The summed E-state index contributed by atoms with van der Waals surface area (Å²) in [4.78, 5) is 10.2. The molecule has 0 radical (unpaired) electrons. The fourth-order valence-corrected chi connectivity index (χ4v) is 1.32.